The van der Waals surface area contributed by atoms with Gasteiger partial charge in [-0.1, -0.05) is 12.6 Å². The van der Waals surface area contributed by atoms with Crippen molar-refractivity contribution in [2.75, 3.05) is 0 Å². The summed E-state index contributed by atoms with van der Waals surface area (Å²) in [6, 6.07) is 0. The Bertz CT molecular complexity index is 90.1. The monoisotopic (exact) mass is 115 g/mol. The molecule has 2 atom stereocenters. The second-order valence-electron chi connectivity index (χ2n) is 1.63. The lowest BCUT2D eigenvalue weighted by Gasteiger charge is -2.04. The molecule has 1 nitrogen and oxygen atoms in total. The SMILES string of the molecule is CC1OC=CC1[S]. The summed E-state index contributed by atoms with van der Waals surface area (Å²) in [6.07, 6.45) is 3.78. The molecule has 0 aromatic carbocycles. The summed E-state index contributed by atoms with van der Waals surface area (Å²) in [5.74, 6) is 0. The van der Waals surface area contributed by atoms with Gasteiger partial charge in [0.1, 0.15) is 6.10 Å². The minimum absolute atomic E-state index is 0.194. The molecule has 39 valence electrons. The molecule has 1 aliphatic heterocycles. The van der Waals surface area contributed by atoms with Gasteiger partial charge in [-0.2, -0.15) is 0 Å². The third-order valence-corrected chi connectivity index (χ3v) is 1.56. The smallest absolute Gasteiger partial charge is 0.111 e. The zero-order valence-corrected chi connectivity index (χ0v) is 4.94. The molecular formula is C5H7OS. The van der Waals surface area contributed by atoms with Crippen molar-refractivity contribution in [2.45, 2.75) is 18.3 Å². The zero-order chi connectivity index (χ0) is 5.28. The molecule has 2 unspecified atom stereocenters. The molecular weight excluding hydrogens is 108 g/mol. The molecule has 7 heavy (non-hydrogen) atoms. The van der Waals surface area contributed by atoms with Gasteiger partial charge in [-0.15, -0.1) is 0 Å². The van der Waals surface area contributed by atoms with Gasteiger partial charge >= 0.3 is 0 Å². The van der Waals surface area contributed by atoms with Crippen LogP contribution < -0.4 is 0 Å². The van der Waals surface area contributed by atoms with Crippen molar-refractivity contribution in [1.29, 1.82) is 0 Å². The molecule has 0 bridgehead atoms. The average Bonchev–Trinajstić information content (AvgIpc) is 1.91. The summed E-state index contributed by atoms with van der Waals surface area (Å²) < 4.78 is 4.98. The fourth-order valence-electron chi connectivity index (χ4n) is 0.481. The summed E-state index contributed by atoms with van der Waals surface area (Å²) in [7, 11) is 0. The molecule has 0 N–H and O–H groups in total. The van der Waals surface area contributed by atoms with Crippen LogP contribution in [0.25, 0.3) is 0 Å². The number of hydrogen-bond acceptors (Lipinski definition) is 1. The van der Waals surface area contributed by atoms with Crippen molar-refractivity contribution >= 4 is 12.6 Å². The normalized spacial score (nSPS) is 38.6. The van der Waals surface area contributed by atoms with E-state index in [-0.39, 0.29) is 11.4 Å². The first-order chi connectivity index (χ1) is 3.30. The van der Waals surface area contributed by atoms with E-state index in [0.717, 1.165) is 0 Å². The summed E-state index contributed by atoms with van der Waals surface area (Å²) >= 11 is 4.91. The quantitative estimate of drug-likeness (QED) is 0.464. The van der Waals surface area contributed by atoms with Gasteiger partial charge in [0.15, 0.2) is 0 Å². The molecule has 0 aliphatic carbocycles. The molecule has 0 saturated heterocycles. The molecule has 2 heteroatoms. The predicted molar refractivity (Wildman–Crippen MR) is 31.1 cm³/mol. The molecule has 1 heterocycles. The molecule has 0 fully saturated rings. The van der Waals surface area contributed by atoms with Crippen LogP contribution in [0.5, 0.6) is 0 Å². The van der Waals surface area contributed by atoms with Crippen molar-refractivity contribution in [2.24, 2.45) is 0 Å². The van der Waals surface area contributed by atoms with Gasteiger partial charge in [-0.25, -0.2) is 0 Å². The van der Waals surface area contributed by atoms with Crippen molar-refractivity contribution in [3.8, 4) is 0 Å². The highest BCUT2D eigenvalue weighted by Crippen LogP contribution is 2.13. The topological polar surface area (TPSA) is 9.23 Å². The van der Waals surface area contributed by atoms with Crippen LogP contribution in [0.4, 0.5) is 0 Å². The lowest BCUT2D eigenvalue weighted by Crippen LogP contribution is -2.10. The Hall–Kier alpha value is -0.110. The van der Waals surface area contributed by atoms with Crippen molar-refractivity contribution < 1.29 is 4.74 Å². The van der Waals surface area contributed by atoms with Crippen LogP contribution in [-0.2, 0) is 4.74 Å². The van der Waals surface area contributed by atoms with E-state index in [4.69, 9.17) is 17.4 Å². The highest BCUT2D eigenvalue weighted by molar-refractivity contribution is 7.81. The van der Waals surface area contributed by atoms with E-state index < -0.39 is 0 Å². The first-order valence-corrected chi connectivity index (χ1v) is 2.76. The standard InChI is InChI=1S/C5H7OS/c1-4-5(7)2-3-6-4/h2-5H,1H3. The highest BCUT2D eigenvalue weighted by atomic mass is 32.1. The molecule has 1 aliphatic rings. The van der Waals surface area contributed by atoms with Crippen LogP contribution in [0.3, 0.4) is 0 Å². The van der Waals surface area contributed by atoms with E-state index >= 15 is 0 Å². The maximum absolute atomic E-state index is 4.98. The maximum Gasteiger partial charge on any atom is 0.111 e. The second-order valence-corrected chi connectivity index (χ2v) is 2.18. The van der Waals surface area contributed by atoms with Crippen LogP contribution in [0.1, 0.15) is 6.92 Å². The van der Waals surface area contributed by atoms with E-state index in [2.05, 4.69) is 0 Å². The Morgan fingerprint density at radius 3 is 2.57 bits per heavy atom. The van der Waals surface area contributed by atoms with E-state index in [1.165, 1.54) is 0 Å². The summed E-state index contributed by atoms with van der Waals surface area (Å²) in [6.45, 7) is 1.97. The van der Waals surface area contributed by atoms with Crippen LogP contribution in [-0.4, -0.2) is 11.4 Å². The van der Waals surface area contributed by atoms with E-state index in [0.29, 0.717) is 0 Å². The molecule has 0 saturated carbocycles. The third-order valence-electron chi connectivity index (χ3n) is 1.02. The van der Waals surface area contributed by atoms with Crippen LogP contribution in [0.2, 0.25) is 0 Å². The number of ether oxygens (including phenoxy) is 1. The zero-order valence-electron chi connectivity index (χ0n) is 4.13. The maximum atomic E-state index is 4.98. The largest absolute Gasteiger partial charge is 0.497 e. The molecule has 0 aromatic heterocycles. The fraction of sp³-hybridized carbons (Fsp3) is 0.600. The second kappa shape index (κ2) is 1.78. The molecule has 0 aromatic rings. The number of hydrogen-bond donors (Lipinski definition) is 0. The van der Waals surface area contributed by atoms with Gasteiger partial charge in [0.25, 0.3) is 0 Å². The van der Waals surface area contributed by atoms with E-state index in [1.807, 2.05) is 13.0 Å². The Morgan fingerprint density at radius 2 is 2.43 bits per heavy atom. The van der Waals surface area contributed by atoms with Gasteiger partial charge in [-0.3, -0.25) is 0 Å². The van der Waals surface area contributed by atoms with Crippen LogP contribution in [0.15, 0.2) is 12.3 Å². The first kappa shape index (κ1) is 5.04. The Kier molecular flexibility index (Phi) is 1.28. The first-order valence-electron chi connectivity index (χ1n) is 2.28. The van der Waals surface area contributed by atoms with Crippen LogP contribution >= 0.6 is 12.6 Å². The summed E-state index contributed by atoms with van der Waals surface area (Å²) in [5.41, 5.74) is 0. The fourth-order valence-corrected chi connectivity index (χ4v) is 0.609. The Morgan fingerprint density at radius 1 is 1.71 bits per heavy atom. The van der Waals surface area contributed by atoms with Gasteiger partial charge in [0.05, 0.1) is 11.5 Å². The Balaban J connectivity index is 2.45. The molecule has 1 radical (unpaired) electrons. The van der Waals surface area contributed by atoms with E-state index in [9.17, 15) is 0 Å². The van der Waals surface area contributed by atoms with E-state index in [1.54, 1.807) is 6.26 Å². The minimum atomic E-state index is 0.194. The van der Waals surface area contributed by atoms with Gasteiger partial charge < -0.3 is 4.74 Å². The minimum Gasteiger partial charge on any atom is -0.497 e. The van der Waals surface area contributed by atoms with Crippen molar-refractivity contribution in [1.82, 2.24) is 0 Å². The lowest BCUT2D eigenvalue weighted by molar-refractivity contribution is 0.193. The average molecular weight is 115 g/mol. The molecule has 1 rings (SSSR count). The van der Waals surface area contributed by atoms with Crippen molar-refractivity contribution in [3.05, 3.63) is 12.3 Å². The lowest BCUT2D eigenvalue weighted by atomic mass is 10.3. The summed E-state index contributed by atoms with van der Waals surface area (Å²) in [4.78, 5) is 0. The molecule has 0 spiro atoms. The third kappa shape index (κ3) is 0.911. The van der Waals surface area contributed by atoms with Gasteiger partial charge in [-0.05, 0) is 13.0 Å². The highest BCUT2D eigenvalue weighted by Gasteiger charge is 2.14. The number of rotatable bonds is 0. The van der Waals surface area contributed by atoms with Crippen molar-refractivity contribution in [3.63, 3.8) is 0 Å². The van der Waals surface area contributed by atoms with Gasteiger partial charge in [0, 0.05) is 0 Å². The summed E-state index contributed by atoms with van der Waals surface area (Å²) in [5, 5.41) is 0.194. The van der Waals surface area contributed by atoms with Gasteiger partial charge in [0.2, 0.25) is 0 Å². The molecule has 0 amide bonds. The Labute approximate surface area is 48.8 Å². The predicted octanol–water partition coefficient (Wildman–Crippen LogP) is 1.48. The van der Waals surface area contributed by atoms with Crippen LogP contribution in [0, 0.1) is 0 Å².